The van der Waals surface area contributed by atoms with Crippen LogP contribution in [0.5, 0.6) is 0 Å². The van der Waals surface area contributed by atoms with Gasteiger partial charge < -0.3 is 9.80 Å². The van der Waals surface area contributed by atoms with Gasteiger partial charge in [-0.2, -0.15) is 0 Å². The molecule has 24 heavy (non-hydrogen) atoms. The maximum Gasteiger partial charge on any atom is 0.228 e. The Morgan fingerprint density at radius 3 is 2.21 bits per heavy atom. The SMILES string of the molecule is CC(C)CN(CC(C)C)C(=O)C1CC(=O)N(c2ccc(F)cc2)C1. The maximum absolute atomic E-state index is 13.1. The lowest BCUT2D eigenvalue weighted by Crippen LogP contribution is -2.41. The summed E-state index contributed by atoms with van der Waals surface area (Å²) >= 11 is 0. The molecule has 1 fully saturated rings. The highest BCUT2D eigenvalue weighted by Gasteiger charge is 2.37. The molecule has 0 spiro atoms. The Bertz CT molecular complexity index is 574. The molecule has 1 aliphatic rings. The average Bonchev–Trinajstić information content (AvgIpc) is 2.87. The van der Waals surface area contributed by atoms with Crippen molar-refractivity contribution in [3.63, 3.8) is 0 Å². The smallest absolute Gasteiger partial charge is 0.228 e. The molecule has 1 aliphatic heterocycles. The van der Waals surface area contributed by atoms with Crippen LogP contribution in [-0.2, 0) is 9.59 Å². The second-order valence-electron chi connectivity index (χ2n) is 7.41. The molecule has 2 amide bonds. The quantitative estimate of drug-likeness (QED) is 0.801. The van der Waals surface area contributed by atoms with Gasteiger partial charge in [0.1, 0.15) is 5.82 Å². The second kappa shape index (κ2) is 7.77. The molecule has 1 unspecified atom stereocenters. The standard InChI is InChI=1S/C19H27FN2O2/c1-13(2)10-21(11-14(3)4)19(24)15-9-18(23)22(12-15)17-7-5-16(20)6-8-17/h5-8,13-15H,9-12H2,1-4H3. The van der Waals surface area contributed by atoms with Gasteiger partial charge in [-0.05, 0) is 36.1 Å². The van der Waals surface area contributed by atoms with E-state index in [0.29, 0.717) is 37.2 Å². The fourth-order valence-corrected chi connectivity index (χ4v) is 3.14. The second-order valence-corrected chi connectivity index (χ2v) is 7.41. The lowest BCUT2D eigenvalue weighted by Gasteiger charge is -2.28. The topological polar surface area (TPSA) is 40.6 Å². The van der Waals surface area contributed by atoms with Crippen LogP contribution in [-0.4, -0.2) is 36.3 Å². The summed E-state index contributed by atoms with van der Waals surface area (Å²) < 4.78 is 13.1. The number of halogens is 1. The van der Waals surface area contributed by atoms with E-state index in [9.17, 15) is 14.0 Å². The molecular formula is C19H27FN2O2. The fraction of sp³-hybridized carbons (Fsp3) is 0.579. The molecule has 2 rings (SSSR count). The van der Waals surface area contributed by atoms with Crippen molar-refractivity contribution in [3.8, 4) is 0 Å². The normalized spacial score (nSPS) is 17.9. The first-order valence-electron chi connectivity index (χ1n) is 8.62. The number of anilines is 1. The molecule has 0 aromatic heterocycles. The minimum Gasteiger partial charge on any atom is -0.342 e. The summed E-state index contributed by atoms with van der Waals surface area (Å²) in [5, 5.41) is 0. The van der Waals surface area contributed by atoms with Crippen LogP contribution in [0.1, 0.15) is 34.1 Å². The Kier molecular flexibility index (Phi) is 5.97. The van der Waals surface area contributed by atoms with Crippen molar-refractivity contribution in [1.29, 1.82) is 0 Å². The number of rotatable bonds is 6. The number of hydrogen-bond donors (Lipinski definition) is 0. The predicted octanol–water partition coefficient (Wildman–Crippen LogP) is 3.32. The Hall–Kier alpha value is -1.91. The summed E-state index contributed by atoms with van der Waals surface area (Å²) in [6.07, 6.45) is 0.225. The van der Waals surface area contributed by atoms with Crippen molar-refractivity contribution in [2.45, 2.75) is 34.1 Å². The van der Waals surface area contributed by atoms with Crippen molar-refractivity contribution >= 4 is 17.5 Å². The van der Waals surface area contributed by atoms with Crippen LogP contribution >= 0.6 is 0 Å². The van der Waals surface area contributed by atoms with Crippen LogP contribution in [0.15, 0.2) is 24.3 Å². The zero-order chi connectivity index (χ0) is 17.9. The Labute approximate surface area is 143 Å². The van der Waals surface area contributed by atoms with E-state index in [1.54, 1.807) is 17.0 Å². The summed E-state index contributed by atoms with van der Waals surface area (Å²) in [7, 11) is 0. The number of nitrogens with zero attached hydrogens (tertiary/aromatic N) is 2. The molecule has 0 N–H and O–H groups in total. The molecule has 1 aromatic rings. The van der Waals surface area contributed by atoms with Crippen molar-refractivity contribution in [1.82, 2.24) is 4.90 Å². The molecule has 1 atom stereocenters. The summed E-state index contributed by atoms with van der Waals surface area (Å²) in [4.78, 5) is 28.7. The van der Waals surface area contributed by atoms with Gasteiger partial charge in [-0.3, -0.25) is 9.59 Å². The maximum atomic E-state index is 13.1. The molecule has 0 saturated carbocycles. The molecule has 1 heterocycles. The van der Waals surface area contributed by atoms with E-state index in [4.69, 9.17) is 0 Å². The highest BCUT2D eigenvalue weighted by Crippen LogP contribution is 2.27. The van der Waals surface area contributed by atoms with Crippen molar-refractivity contribution in [2.24, 2.45) is 17.8 Å². The van der Waals surface area contributed by atoms with E-state index >= 15 is 0 Å². The van der Waals surface area contributed by atoms with Gasteiger partial charge in [0.05, 0.1) is 5.92 Å². The highest BCUT2D eigenvalue weighted by molar-refractivity contribution is 6.00. The lowest BCUT2D eigenvalue weighted by molar-refractivity contribution is -0.136. The van der Waals surface area contributed by atoms with Crippen molar-refractivity contribution < 1.29 is 14.0 Å². The van der Waals surface area contributed by atoms with E-state index in [1.165, 1.54) is 12.1 Å². The van der Waals surface area contributed by atoms with E-state index in [2.05, 4.69) is 27.7 Å². The van der Waals surface area contributed by atoms with Crippen LogP contribution in [0.25, 0.3) is 0 Å². The zero-order valence-corrected chi connectivity index (χ0v) is 15.0. The number of carbonyl (C=O) groups excluding carboxylic acids is 2. The Balaban J connectivity index is 2.10. The van der Waals surface area contributed by atoms with E-state index < -0.39 is 0 Å². The predicted molar refractivity (Wildman–Crippen MR) is 93.1 cm³/mol. The summed E-state index contributed by atoms with van der Waals surface area (Å²) in [5.41, 5.74) is 0.649. The molecule has 1 saturated heterocycles. The third-order valence-electron chi connectivity index (χ3n) is 4.10. The van der Waals surface area contributed by atoms with Gasteiger partial charge in [0.2, 0.25) is 11.8 Å². The monoisotopic (exact) mass is 334 g/mol. The van der Waals surface area contributed by atoms with Crippen LogP contribution in [0, 0.1) is 23.6 Å². The van der Waals surface area contributed by atoms with Gasteiger partial charge in [0.15, 0.2) is 0 Å². The summed E-state index contributed by atoms with van der Waals surface area (Å²) in [6.45, 7) is 10.1. The third kappa shape index (κ3) is 4.56. The summed E-state index contributed by atoms with van der Waals surface area (Å²) in [6, 6.07) is 5.84. The van der Waals surface area contributed by atoms with Crippen molar-refractivity contribution in [2.75, 3.05) is 24.5 Å². The number of carbonyl (C=O) groups is 2. The van der Waals surface area contributed by atoms with Crippen LogP contribution in [0.4, 0.5) is 10.1 Å². The fourth-order valence-electron chi connectivity index (χ4n) is 3.14. The van der Waals surface area contributed by atoms with Crippen molar-refractivity contribution in [3.05, 3.63) is 30.1 Å². The Morgan fingerprint density at radius 1 is 1.17 bits per heavy atom. The molecule has 132 valence electrons. The molecule has 5 heteroatoms. The number of amides is 2. The van der Waals surface area contributed by atoms with E-state index in [-0.39, 0.29) is 30.0 Å². The number of hydrogen-bond acceptors (Lipinski definition) is 2. The van der Waals surface area contributed by atoms with Gasteiger partial charge in [0.25, 0.3) is 0 Å². The molecular weight excluding hydrogens is 307 g/mol. The van der Waals surface area contributed by atoms with Gasteiger partial charge in [-0.25, -0.2) is 4.39 Å². The van der Waals surface area contributed by atoms with Crippen LogP contribution in [0.2, 0.25) is 0 Å². The number of benzene rings is 1. The molecule has 4 nitrogen and oxygen atoms in total. The minimum atomic E-state index is -0.335. The largest absolute Gasteiger partial charge is 0.342 e. The van der Waals surface area contributed by atoms with E-state index in [1.807, 2.05) is 4.90 Å². The third-order valence-corrected chi connectivity index (χ3v) is 4.10. The van der Waals surface area contributed by atoms with Gasteiger partial charge >= 0.3 is 0 Å². The molecule has 0 radical (unpaired) electrons. The van der Waals surface area contributed by atoms with Crippen LogP contribution < -0.4 is 4.90 Å². The Morgan fingerprint density at radius 2 is 1.71 bits per heavy atom. The molecule has 0 aliphatic carbocycles. The lowest BCUT2D eigenvalue weighted by atomic mass is 10.0. The van der Waals surface area contributed by atoms with Gasteiger partial charge in [0, 0.05) is 31.7 Å². The average molecular weight is 334 g/mol. The zero-order valence-electron chi connectivity index (χ0n) is 15.0. The summed E-state index contributed by atoms with van der Waals surface area (Å²) in [5.74, 6) is 0.0958. The van der Waals surface area contributed by atoms with Gasteiger partial charge in [-0.15, -0.1) is 0 Å². The minimum absolute atomic E-state index is 0.0513. The van der Waals surface area contributed by atoms with E-state index in [0.717, 1.165) is 0 Å². The molecule has 1 aromatic carbocycles. The highest BCUT2D eigenvalue weighted by atomic mass is 19.1. The molecule has 0 bridgehead atoms. The van der Waals surface area contributed by atoms with Gasteiger partial charge in [-0.1, -0.05) is 27.7 Å². The first-order chi connectivity index (χ1) is 11.3. The first kappa shape index (κ1) is 18.4. The first-order valence-corrected chi connectivity index (χ1v) is 8.62. The van der Waals surface area contributed by atoms with Crippen LogP contribution in [0.3, 0.4) is 0 Å².